The Morgan fingerprint density at radius 1 is 1.31 bits per heavy atom. The fourth-order valence-corrected chi connectivity index (χ4v) is 0.988. The van der Waals surface area contributed by atoms with Gasteiger partial charge in [-0.1, -0.05) is 38.3 Å². The van der Waals surface area contributed by atoms with Gasteiger partial charge in [0, 0.05) is 0 Å². The average molecular weight is 184 g/mol. The molecule has 0 amide bonds. The lowest BCUT2D eigenvalue weighted by Gasteiger charge is -2.01. The molecule has 0 aliphatic heterocycles. The minimum atomic E-state index is -0.116. The van der Waals surface area contributed by atoms with Crippen LogP contribution in [-0.4, -0.2) is 12.6 Å². The average Bonchev–Trinajstić information content (AvgIpc) is 2.14. The van der Waals surface area contributed by atoms with E-state index in [2.05, 4.69) is 6.92 Å². The number of ether oxygens (including phenoxy) is 1. The predicted molar refractivity (Wildman–Crippen MR) is 54.5 cm³/mol. The van der Waals surface area contributed by atoms with Gasteiger partial charge in [-0.25, -0.2) is 0 Å². The molecule has 2 nitrogen and oxygen atoms in total. The molecule has 0 aliphatic rings. The van der Waals surface area contributed by atoms with E-state index in [1.807, 2.05) is 19.1 Å². The lowest BCUT2D eigenvalue weighted by Crippen LogP contribution is -2.04. The highest BCUT2D eigenvalue weighted by molar-refractivity contribution is 5.71. The van der Waals surface area contributed by atoms with Crippen LogP contribution in [0.5, 0.6) is 0 Å². The fraction of sp³-hybridized carbons (Fsp3) is 0.727. The van der Waals surface area contributed by atoms with Crippen molar-refractivity contribution in [1.29, 1.82) is 0 Å². The van der Waals surface area contributed by atoms with Crippen LogP contribution in [0.1, 0.15) is 46.0 Å². The molecule has 13 heavy (non-hydrogen) atoms. The summed E-state index contributed by atoms with van der Waals surface area (Å²) in [5, 5.41) is 0. The van der Waals surface area contributed by atoms with E-state index in [0.717, 1.165) is 12.8 Å². The number of carbonyl (C=O) groups is 1. The van der Waals surface area contributed by atoms with Crippen LogP contribution in [0.2, 0.25) is 0 Å². The van der Waals surface area contributed by atoms with Crippen molar-refractivity contribution in [2.24, 2.45) is 0 Å². The van der Waals surface area contributed by atoms with Gasteiger partial charge in [0.05, 0.1) is 13.0 Å². The number of hydrogen-bond acceptors (Lipinski definition) is 2. The summed E-state index contributed by atoms with van der Waals surface area (Å²) in [7, 11) is 0. The zero-order chi connectivity index (χ0) is 9.94. The predicted octanol–water partition coefficient (Wildman–Crippen LogP) is 3.08. The van der Waals surface area contributed by atoms with Crippen molar-refractivity contribution in [3.05, 3.63) is 12.2 Å². The first kappa shape index (κ1) is 12.2. The normalized spacial score (nSPS) is 10.6. The SMILES string of the molecule is C/C=C/CC(=O)OCCCCCC. The lowest BCUT2D eigenvalue weighted by molar-refractivity contribution is -0.142. The van der Waals surface area contributed by atoms with Crippen molar-refractivity contribution < 1.29 is 9.53 Å². The van der Waals surface area contributed by atoms with Crippen LogP contribution in [0.3, 0.4) is 0 Å². The molecule has 0 N–H and O–H groups in total. The molecular weight excluding hydrogens is 164 g/mol. The number of esters is 1. The quantitative estimate of drug-likeness (QED) is 0.345. The highest BCUT2D eigenvalue weighted by Crippen LogP contribution is 1.99. The Balaban J connectivity index is 3.17. The van der Waals surface area contributed by atoms with E-state index in [1.54, 1.807) is 0 Å². The number of carbonyl (C=O) groups excluding carboxylic acids is 1. The van der Waals surface area contributed by atoms with Gasteiger partial charge in [-0.2, -0.15) is 0 Å². The van der Waals surface area contributed by atoms with Crippen LogP contribution >= 0.6 is 0 Å². The highest BCUT2D eigenvalue weighted by Gasteiger charge is 1.97. The molecule has 0 aromatic rings. The third kappa shape index (κ3) is 9.12. The van der Waals surface area contributed by atoms with Crippen molar-refractivity contribution in [2.75, 3.05) is 6.61 Å². The van der Waals surface area contributed by atoms with Crippen molar-refractivity contribution in [3.63, 3.8) is 0 Å². The van der Waals surface area contributed by atoms with Crippen LogP contribution in [0.25, 0.3) is 0 Å². The Hall–Kier alpha value is -0.790. The molecule has 0 aliphatic carbocycles. The van der Waals surface area contributed by atoms with Gasteiger partial charge in [0.1, 0.15) is 0 Å². The van der Waals surface area contributed by atoms with E-state index in [9.17, 15) is 4.79 Å². The minimum absolute atomic E-state index is 0.116. The molecule has 0 unspecified atom stereocenters. The molecule has 0 spiro atoms. The van der Waals surface area contributed by atoms with Crippen LogP contribution in [0.15, 0.2) is 12.2 Å². The van der Waals surface area contributed by atoms with Gasteiger partial charge in [-0.3, -0.25) is 4.79 Å². The number of allylic oxidation sites excluding steroid dienone is 1. The van der Waals surface area contributed by atoms with Gasteiger partial charge in [-0.15, -0.1) is 0 Å². The summed E-state index contributed by atoms with van der Waals surface area (Å²) in [5.74, 6) is -0.116. The van der Waals surface area contributed by atoms with Crippen molar-refractivity contribution in [1.82, 2.24) is 0 Å². The van der Waals surface area contributed by atoms with Crippen molar-refractivity contribution in [3.8, 4) is 0 Å². The molecule has 0 radical (unpaired) electrons. The van der Waals surface area contributed by atoms with E-state index in [-0.39, 0.29) is 5.97 Å². The van der Waals surface area contributed by atoms with Crippen LogP contribution in [0.4, 0.5) is 0 Å². The molecule has 76 valence electrons. The monoisotopic (exact) mass is 184 g/mol. The van der Waals surface area contributed by atoms with Gasteiger partial charge in [0.15, 0.2) is 0 Å². The maximum atomic E-state index is 11.0. The smallest absolute Gasteiger partial charge is 0.309 e. The molecule has 0 heterocycles. The molecule has 2 heteroatoms. The van der Waals surface area contributed by atoms with Crippen molar-refractivity contribution >= 4 is 5.97 Å². The Labute approximate surface area is 81.0 Å². The molecule has 0 bridgehead atoms. The van der Waals surface area contributed by atoms with Gasteiger partial charge in [0.2, 0.25) is 0 Å². The Morgan fingerprint density at radius 3 is 2.69 bits per heavy atom. The third-order valence-corrected chi connectivity index (χ3v) is 1.78. The van der Waals surface area contributed by atoms with E-state index < -0.39 is 0 Å². The van der Waals surface area contributed by atoms with Crippen LogP contribution < -0.4 is 0 Å². The van der Waals surface area contributed by atoms with E-state index >= 15 is 0 Å². The summed E-state index contributed by atoms with van der Waals surface area (Å²) in [5.41, 5.74) is 0. The number of rotatable bonds is 7. The standard InChI is InChI=1S/C11H20O2/c1-3-5-7-8-10-13-11(12)9-6-4-2/h4,6H,3,5,7-10H2,1-2H3/b6-4+. The summed E-state index contributed by atoms with van der Waals surface area (Å²) in [6.45, 7) is 4.64. The first-order chi connectivity index (χ1) is 6.31. The molecule has 0 saturated heterocycles. The van der Waals surface area contributed by atoms with Gasteiger partial charge in [-0.05, 0) is 13.3 Å². The summed E-state index contributed by atoms with van der Waals surface area (Å²) in [6, 6.07) is 0. The minimum Gasteiger partial charge on any atom is -0.465 e. The molecule has 0 atom stereocenters. The van der Waals surface area contributed by atoms with E-state index in [1.165, 1.54) is 12.8 Å². The maximum Gasteiger partial charge on any atom is 0.309 e. The Bertz CT molecular complexity index is 150. The molecular formula is C11H20O2. The second kappa shape index (κ2) is 9.30. The van der Waals surface area contributed by atoms with Crippen LogP contribution in [0, 0.1) is 0 Å². The number of hydrogen-bond donors (Lipinski definition) is 0. The topological polar surface area (TPSA) is 26.3 Å². The first-order valence-electron chi connectivity index (χ1n) is 5.08. The summed E-state index contributed by atoms with van der Waals surface area (Å²) in [6.07, 6.45) is 8.68. The molecule has 0 fully saturated rings. The Morgan fingerprint density at radius 2 is 2.08 bits per heavy atom. The van der Waals surface area contributed by atoms with Gasteiger partial charge < -0.3 is 4.74 Å². The zero-order valence-electron chi connectivity index (χ0n) is 8.71. The maximum absolute atomic E-state index is 11.0. The number of unbranched alkanes of at least 4 members (excludes halogenated alkanes) is 3. The Kier molecular flexibility index (Phi) is 8.73. The molecule has 0 saturated carbocycles. The van der Waals surface area contributed by atoms with Crippen molar-refractivity contribution in [2.45, 2.75) is 46.0 Å². The third-order valence-electron chi connectivity index (χ3n) is 1.78. The second-order valence-electron chi connectivity index (χ2n) is 3.05. The zero-order valence-corrected chi connectivity index (χ0v) is 8.71. The summed E-state index contributed by atoms with van der Waals surface area (Å²) >= 11 is 0. The first-order valence-corrected chi connectivity index (χ1v) is 5.08. The summed E-state index contributed by atoms with van der Waals surface area (Å²) in [4.78, 5) is 11.0. The van der Waals surface area contributed by atoms with Gasteiger partial charge in [0.25, 0.3) is 0 Å². The highest BCUT2D eigenvalue weighted by atomic mass is 16.5. The fourth-order valence-electron chi connectivity index (χ4n) is 0.988. The van der Waals surface area contributed by atoms with Gasteiger partial charge >= 0.3 is 5.97 Å². The molecule has 0 aromatic carbocycles. The lowest BCUT2D eigenvalue weighted by atomic mass is 10.2. The van der Waals surface area contributed by atoms with E-state index in [4.69, 9.17) is 4.74 Å². The molecule has 0 aromatic heterocycles. The van der Waals surface area contributed by atoms with E-state index in [0.29, 0.717) is 13.0 Å². The molecule has 0 rings (SSSR count). The van der Waals surface area contributed by atoms with Crippen LogP contribution in [-0.2, 0) is 9.53 Å². The largest absolute Gasteiger partial charge is 0.465 e. The summed E-state index contributed by atoms with van der Waals surface area (Å²) < 4.78 is 5.00. The second-order valence-corrected chi connectivity index (χ2v) is 3.05.